The summed E-state index contributed by atoms with van der Waals surface area (Å²) in [6, 6.07) is 2.19. The monoisotopic (exact) mass is 263 g/mol. The molecule has 0 spiro atoms. The Hall–Kier alpha value is -1.01. The summed E-state index contributed by atoms with van der Waals surface area (Å²) >= 11 is 0. The van der Waals surface area contributed by atoms with Gasteiger partial charge in [0.2, 0.25) is 0 Å². The van der Waals surface area contributed by atoms with E-state index in [1.807, 2.05) is 6.92 Å². The Labute approximate surface area is 99.8 Å². The van der Waals surface area contributed by atoms with Crippen LogP contribution in [-0.2, 0) is 9.84 Å². The van der Waals surface area contributed by atoms with Crippen molar-refractivity contribution in [3.63, 3.8) is 0 Å². The van der Waals surface area contributed by atoms with Gasteiger partial charge in [0.1, 0.15) is 16.5 Å². The first kappa shape index (κ1) is 14.1. The maximum absolute atomic E-state index is 13.3. The molecule has 1 rings (SSSR count). The van der Waals surface area contributed by atoms with Crippen molar-refractivity contribution in [2.75, 3.05) is 12.3 Å². The van der Waals surface area contributed by atoms with Crippen LogP contribution < -0.4 is 5.32 Å². The van der Waals surface area contributed by atoms with E-state index in [9.17, 15) is 17.2 Å². The van der Waals surface area contributed by atoms with E-state index in [1.165, 1.54) is 0 Å². The molecule has 0 saturated carbocycles. The molecule has 1 aromatic carbocycles. The molecule has 0 fully saturated rings. The molecule has 0 aliphatic carbocycles. The lowest BCUT2D eigenvalue weighted by molar-refractivity contribution is 0.540. The van der Waals surface area contributed by atoms with Crippen molar-refractivity contribution < 1.29 is 17.2 Å². The first-order valence-electron chi connectivity index (χ1n) is 5.28. The van der Waals surface area contributed by atoms with E-state index in [4.69, 9.17) is 0 Å². The van der Waals surface area contributed by atoms with Gasteiger partial charge in [-0.2, -0.15) is 0 Å². The largest absolute Gasteiger partial charge is 0.314 e. The number of hydrogen-bond donors (Lipinski definition) is 1. The lowest BCUT2D eigenvalue weighted by Crippen LogP contribution is -2.33. The summed E-state index contributed by atoms with van der Waals surface area (Å²) in [5.41, 5.74) is 0. The molecule has 1 atom stereocenters. The van der Waals surface area contributed by atoms with Crippen LogP contribution in [0.1, 0.15) is 13.8 Å². The molecule has 1 N–H and O–H groups in total. The summed E-state index contributed by atoms with van der Waals surface area (Å²) < 4.78 is 49.7. The number of hydrogen-bond acceptors (Lipinski definition) is 3. The molecule has 0 bridgehead atoms. The molecule has 0 saturated heterocycles. The summed E-state index contributed by atoms with van der Waals surface area (Å²) in [5.74, 6) is -2.06. The molecule has 0 radical (unpaired) electrons. The topological polar surface area (TPSA) is 46.2 Å². The fourth-order valence-electron chi connectivity index (χ4n) is 1.55. The predicted octanol–water partition coefficient (Wildman–Crippen LogP) is 1.74. The average molecular weight is 263 g/mol. The van der Waals surface area contributed by atoms with Gasteiger partial charge >= 0.3 is 0 Å². The van der Waals surface area contributed by atoms with Crippen LogP contribution in [-0.4, -0.2) is 26.8 Å². The lowest BCUT2D eigenvalue weighted by atomic mass is 10.3. The number of benzene rings is 1. The van der Waals surface area contributed by atoms with Crippen LogP contribution in [0.25, 0.3) is 0 Å². The van der Waals surface area contributed by atoms with Crippen LogP contribution in [0.2, 0.25) is 0 Å². The van der Waals surface area contributed by atoms with Crippen molar-refractivity contribution in [2.45, 2.75) is 24.8 Å². The van der Waals surface area contributed by atoms with E-state index < -0.39 is 26.4 Å². The van der Waals surface area contributed by atoms with Crippen LogP contribution in [0.3, 0.4) is 0 Å². The van der Waals surface area contributed by atoms with E-state index in [0.717, 1.165) is 12.1 Å². The molecule has 0 aromatic heterocycles. The molecule has 96 valence electrons. The maximum atomic E-state index is 13.3. The predicted molar refractivity (Wildman–Crippen MR) is 61.5 cm³/mol. The van der Waals surface area contributed by atoms with Crippen molar-refractivity contribution >= 4 is 9.84 Å². The third kappa shape index (κ3) is 3.74. The molecule has 0 heterocycles. The van der Waals surface area contributed by atoms with Gasteiger partial charge in [0.15, 0.2) is 9.84 Å². The van der Waals surface area contributed by atoms with Crippen molar-refractivity contribution in [2.24, 2.45) is 0 Å². The van der Waals surface area contributed by atoms with E-state index in [1.54, 1.807) is 6.92 Å². The van der Waals surface area contributed by atoms with Crippen LogP contribution in [0, 0.1) is 11.6 Å². The Morgan fingerprint density at radius 1 is 1.35 bits per heavy atom. The first-order valence-corrected chi connectivity index (χ1v) is 6.93. The Bertz CT molecular complexity index is 488. The Balaban J connectivity index is 2.97. The van der Waals surface area contributed by atoms with Gasteiger partial charge in [0, 0.05) is 12.1 Å². The maximum Gasteiger partial charge on any atom is 0.182 e. The summed E-state index contributed by atoms with van der Waals surface area (Å²) in [6.07, 6.45) is 0. The number of rotatable bonds is 5. The zero-order chi connectivity index (χ0) is 13.1. The van der Waals surface area contributed by atoms with Gasteiger partial charge < -0.3 is 5.32 Å². The van der Waals surface area contributed by atoms with Crippen molar-refractivity contribution in [1.82, 2.24) is 5.32 Å². The van der Waals surface area contributed by atoms with Crippen molar-refractivity contribution in [1.29, 1.82) is 0 Å². The highest BCUT2D eigenvalue weighted by Crippen LogP contribution is 2.17. The minimum absolute atomic E-state index is 0.219. The second-order valence-corrected chi connectivity index (χ2v) is 5.82. The highest BCUT2D eigenvalue weighted by Gasteiger charge is 2.22. The van der Waals surface area contributed by atoms with E-state index in [-0.39, 0.29) is 11.8 Å². The van der Waals surface area contributed by atoms with E-state index in [0.29, 0.717) is 12.6 Å². The van der Waals surface area contributed by atoms with Crippen molar-refractivity contribution in [3.8, 4) is 0 Å². The molecular formula is C11H15F2NO2S. The summed E-state index contributed by atoms with van der Waals surface area (Å²) in [5, 5.41) is 2.93. The van der Waals surface area contributed by atoms with Gasteiger partial charge in [-0.15, -0.1) is 0 Å². The minimum Gasteiger partial charge on any atom is -0.314 e. The second kappa shape index (κ2) is 5.55. The molecule has 1 unspecified atom stereocenters. The third-order valence-corrected chi connectivity index (χ3v) is 4.19. The van der Waals surface area contributed by atoms with Gasteiger partial charge in [-0.3, -0.25) is 0 Å². The number of sulfone groups is 1. The Morgan fingerprint density at radius 2 is 2.00 bits per heavy atom. The van der Waals surface area contributed by atoms with Crippen LogP contribution in [0.15, 0.2) is 23.1 Å². The first-order chi connectivity index (χ1) is 7.86. The molecule has 0 amide bonds. The standard InChI is InChI=1S/C11H15F2NO2S/c1-3-14-8(2)7-17(15,16)11-5-4-9(12)6-10(11)13/h4-6,8,14H,3,7H2,1-2H3. The lowest BCUT2D eigenvalue weighted by Gasteiger charge is -2.13. The number of halogens is 2. The molecule has 17 heavy (non-hydrogen) atoms. The molecule has 1 aromatic rings. The summed E-state index contributed by atoms with van der Waals surface area (Å²) in [7, 11) is -3.73. The highest BCUT2D eigenvalue weighted by molar-refractivity contribution is 7.91. The second-order valence-electron chi connectivity index (χ2n) is 3.81. The van der Waals surface area contributed by atoms with Gasteiger partial charge in [-0.25, -0.2) is 17.2 Å². The summed E-state index contributed by atoms with van der Waals surface area (Å²) in [4.78, 5) is -0.455. The molecular weight excluding hydrogens is 248 g/mol. The SMILES string of the molecule is CCNC(C)CS(=O)(=O)c1ccc(F)cc1F. The normalized spacial score (nSPS) is 13.6. The average Bonchev–Trinajstić information content (AvgIpc) is 2.15. The molecule has 3 nitrogen and oxygen atoms in total. The Morgan fingerprint density at radius 3 is 2.53 bits per heavy atom. The number of nitrogens with one attached hydrogen (secondary N) is 1. The highest BCUT2D eigenvalue weighted by atomic mass is 32.2. The molecule has 0 aliphatic heterocycles. The third-order valence-electron chi connectivity index (χ3n) is 2.25. The van der Waals surface area contributed by atoms with E-state index in [2.05, 4.69) is 5.32 Å². The van der Waals surface area contributed by atoms with Gasteiger partial charge in [-0.1, -0.05) is 6.92 Å². The van der Waals surface area contributed by atoms with Gasteiger partial charge in [-0.05, 0) is 25.6 Å². The van der Waals surface area contributed by atoms with Crippen LogP contribution in [0.5, 0.6) is 0 Å². The Kier molecular flexibility index (Phi) is 4.59. The minimum atomic E-state index is -3.73. The van der Waals surface area contributed by atoms with E-state index >= 15 is 0 Å². The van der Waals surface area contributed by atoms with Crippen LogP contribution >= 0.6 is 0 Å². The molecule has 6 heteroatoms. The zero-order valence-electron chi connectivity index (χ0n) is 9.70. The summed E-state index contributed by atoms with van der Waals surface area (Å²) in [6.45, 7) is 4.17. The van der Waals surface area contributed by atoms with Crippen molar-refractivity contribution in [3.05, 3.63) is 29.8 Å². The fraction of sp³-hybridized carbons (Fsp3) is 0.455. The van der Waals surface area contributed by atoms with Gasteiger partial charge in [0.05, 0.1) is 5.75 Å². The van der Waals surface area contributed by atoms with Crippen LogP contribution in [0.4, 0.5) is 8.78 Å². The fourth-order valence-corrected chi connectivity index (χ4v) is 3.14. The smallest absolute Gasteiger partial charge is 0.182 e. The molecule has 0 aliphatic rings. The quantitative estimate of drug-likeness (QED) is 0.823. The van der Waals surface area contributed by atoms with Gasteiger partial charge in [0.25, 0.3) is 0 Å². The zero-order valence-corrected chi connectivity index (χ0v) is 10.5.